The van der Waals surface area contributed by atoms with Crippen molar-refractivity contribution in [1.82, 2.24) is 4.31 Å². The monoisotopic (exact) mass is 261 g/mol. The van der Waals surface area contributed by atoms with E-state index in [1.54, 1.807) is 0 Å². The van der Waals surface area contributed by atoms with E-state index in [0.29, 0.717) is 11.4 Å². The van der Waals surface area contributed by atoms with Crippen molar-refractivity contribution in [2.45, 2.75) is 0 Å². The molecule has 0 aliphatic rings. The largest absolute Gasteiger partial charge is 0.397 e. The Labute approximate surface area is 100 Å². The van der Waals surface area contributed by atoms with E-state index in [1.807, 2.05) is 0 Å². The summed E-state index contributed by atoms with van der Waals surface area (Å²) < 4.78 is 37.0. The van der Waals surface area contributed by atoms with Crippen molar-refractivity contribution in [2.75, 3.05) is 37.4 Å². The molecule has 3 N–H and O–H groups in total. The maximum absolute atomic E-state index is 12.9. The van der Waals surface area contributed by atoms with E-state index in [-0.39, 0.29) is 12.3 Å². The van der Waals surface area contributed by atoms with Crippen LogP contribution in [0.2, 0.25) is 0 Å². The lowest BCUT2D eigenvalue weighted by atomic mass is 10.2. The zero-order valence-corrected chi connectivity index (χ0v) is 10.6. The Hall–Kier alpha value is -1.34. The molecule has 1 rings (SSSR count). The summed E-state index contributed by atoms with van der Waals surface area (Å²) in [6.07, 6.45) is 0. The first kappa shape index (κ1) is 13.7. The first-order valence-electron chi connectivity index (χ1n) is 5.02. The molecular weight excluding hydrogens is 245 g/mol. The molecule has 0 amide bonds. The molecule has 1 aromatic rings. The predicted molar refractivity (Wildman–Crippen MR) is 66.8 cm³/mol. The van der Waals surface area contributed by atoms with Gasteiger partial charge in [0.05, 0.1) is 17.1 Å². The fraction of sp³-hybridized carbons (Fsp3) is 0.400. The Morgan fingerprint density at radius 1 is 1.41 bits per heavy atom. The number of sulfonamides is 1. The molecule has 96 valence electrons. The molecule has 0 spiro atoms. The molecule has 7 heteroatoms. The number of halogens is 1. The highest BCUT2D eigenvalue weighted by Crippen LogP contribution is 2.18. The van der Waals surface area contributed by atoms with Gasteiger partial charge in [-0.15, -0.1) is 0 Å². The fourth-order valence-corrected chi connectivity index (χ4v) is 1.90. The second kappa shape index (κ2) is 5.33. The van der Waals surface area contributed by atoms with Crippen LogP contribution in [0, 0.1) is 5.82 Å². The number of nitrogens with two attached hydrogens (primary N) is 1. The summed E-state index contributed by atoms with van der Waals surface area (Å²) in [4.78, 5) is 0. The summed E-state index contributed by atoms with van der Waals surface area (Å²) in [6.45, 7) is 0.175. The quantitative estimate of drug-likeness (QED) is 0.765. The Balaban J connectivity index is 2.60. The van der Waals surface area contributed by atoms with Gasteiger partial charge in [-0.05, 0) is 18.2 Å². The van der Waals surface area contributed by atoms with E-state index in [1.165, 1.54) is 32.3 Å². The lowest BCUT2D eigenvalue weighted by Gasteiger charge is -2.13. The van der Waals surface area contributed by atoms with Gasteiger partial charge in [0.25, 0.3) is 0 Å². The number of benzene rings is 1. The summed E-state index contributed by atoms with van der Waals surface area (Å²) in [6, 6.07) is 3.91. The van der Waals surface area contributed by atoms with Gasteiger partial charge in [0, 0.05) is 20.6 Å². The molecule has 0 saturated carbocycles. The summed E-state index contributed by atoms with van der Waals surface area (Å²) in [5, 5.41) is 2.79. The average molecular weight is 261 g/mol. The number of hydrogen-bond donors (Lipinski definition) is 2. The lowest BCUT2D eigenvalue weighted by molar-refractivity contribution is 0.521. The minimum absolute atomic E-state index is 0.0735. The van der Waals surface area contributed by atoms with Gasteiger partial charge in [0.15, 0.2) is 0 Å². The van der Waals surface area contributed by atoms with E-state index in [2.05, 4.69) is 5.32 Å². The second-order valence-electron chi connectivity index (χ2n) is 3.76. The van der Waals surface area contributed by atoms with E-state index < -0.39 is 15.8 Å². The highest BCUT2D eigenvalue weighted by molar-refractivity contribution is 7.89. The van der Waals surface area contributed by atoms with Crippen molar-refractivity contribution in [1.29, 1.82) is 0 Å². The van der Waals surface area contributed by atoms with E-state index in [9.17, 15) is 12.8 Å². The Morgan fingerprint density at radius 2 is 2.06 bits per heavy atom. The fourth-order valence-electron chi connectivity index (χ4n) is 1.18. The molecule has 0 unspecified atom stereocenters. The van der Waals surface area contributed by atoms with Crippen LogP contribution in [0.4, 0.5) is 15.8 Å². The van der Waals surface area contributed by atoms with Crippen molar-refractivity contribution >= 4 is 21.4 Å². The summed E-state index contributed by atoms with van der Waals surface area (Å²) in [5.41, 5.74) is 6.39. The molecule has 0 fully saturated rings. The number of rotatable bonds is 5. The smallest absolute Gasteiger partial charge is 0.215 e. The maximum Gasteiger partial charge on any atom is 0.215 e. The van der Waals surface area contributed by atoms with Crippen LogP contribution in [0.1, 0.15) is 0 Å². The van der Waals surface area contributed by atoms with E-state index in [4.69, 9.17) is 5.73 Å². The second-order valence-corrected chi connectivity index (χ2v) is 6.06. The van der Waals surface area contributed by atoms with Crippen LogP contribution < -0.4 is 11.1 Å². The van der Waals surface area contributed by atoms with Gasteiger partial charge in [-0.25, -0.2) is 17.1 Å². The summed E-state index contributed by atoms with van der Waals surface area (Å²) in [5.74, 6) is -0.493. The minimum atomic E-state index is -3.26. The molecule has 0 atom stereocenters. The van der Waals surface area contributed by atoms with Gasteiger partial charge in [-0.2, -0.15) is 0 Å². The average Bonchev–Trinajstić information content (AvgIpc) is 2.22. The topological polar surface area (TPSA) is 75.4 Å². The molecule has 0 radical (unpaired) electrons. The van der Waals surface area contributed by atoms with E-state index >= 15 is 0 Å². The van der Waals surface area contributed by atoms with E-state index in [0.717, 1.165) is 4.31 Å². The number of nitrogens with one attached hydrogen (secondary N) is 1. The number of nitrogens with zero attached hydrogens (tertiary/aromatic N) is 1. The molecule has 5 nitrogen and oxygen atoms in total. The predicted octanol–water partition coefficient (Wildman–Crippen LogP) is 0.711. The minimum Gasteiger partial charge on any atom is -0.397 e. The maximum atomic E-state index is 12.9. The first-order chi connectivity index (χ1) is 7.83. The molecular formula is C10H16FN3O2S. The molecule has 0 saturated heterocycles. The third kappa shape index (κ3) is 3.86. The van der Waals surface area contributed by atoms with Crippen LogP contribution in [-0.4, -0.2) is 39.1 Å². The van der Waals surface area contributed by atoms with Crippen molar-refractivity contribution in [3.05, 3.63) is 24.0 Å². The Bertz CT molecular complexity index is 488. The molecule has 0 heterocycles. The normalized spacial score (nSPS) is 11.8. The van der Waals surface area contributed by atoms with Gasteiger partial charge in [-0.1, -0.05) is 0 Å². The van der Waals surface area contributed by atoms with Crippen molar-refractivity contribution < 1.29 is 12.8 Å². The van der Waals surface area contributed by atoms with Gasteiger partial charge < -0.3 is 11.1 Å². The number of nitrogen functional groups attached to an aromatic ring is 1. The number of anilines is 2. The number of hydrogen-bond acceptors (Lipinski definition) is 4. The third-order valence-corrected chi connectivity index (χ3v) is 4.08. The summed E-state index contributed by atoms with van der Waals surface area (Å²) >= 11 is 0. The van der Waals surface area contributed by atoms with Crippen LogP contribution in [0.5, 0.6) is 0 Å². The van der Waals surface area contributed by atoms with Gasteiger partial charge >= 0.3 is 0 Å². The van der Waals surface area contributed by atoms with Crippen LogP contribution in [0.15, 0.2) is 18.2 Å². The van der Waals surface area contributed by atoms with Gasteiger partial charge in [0.2, 0.25) is 10.0 Å². The van der Waals surface area contributed by atoms with Gasteiger partial charge in [-0.3, -0.25) is 0 Å². The molecule has 0 aliphatic heterocycles. The van der Waals surface area contributed by atoms with Crippen LogP contribution in [0.25, 0.3) is 0 Å². The molecule has 17 heavy (non-hydrogen) atoms. The Kier molecular flexibility index (Phi) is 4.30. The Morgan fingerprint density at radius 3 is 2.65 bits per heavy atom. The van der Waals surface area contributed by atoms with Gasteiger partial charge in [0.1, 0.15) is 5.82 Å². The van der Waals surface area contributed by atoms with Crippen LogP contribution in [0.3, 0.4) is 0 Å². The van der Waals surface area contributed by atoms with Crippen molar-refractivity contribution in [3.63, 3.8) is 0 Å². The molecule has 0 aromatic heterocycles. The first-order valence-corrected chi connectivity index (χ1v) is 6.63. The molecule has 1 aromatic carbocycles. The van der Waals surface area contributed by atoms with Crippen LogP contribution in [-0.2, 0) is 10.0 Å². The lowest BCUT2D eigenvalue weighted by Crippen LogP contribution is -2.28. The zero-order chi connectivity index (χ0) is 13.1. The highest BCUT2D eigenvalue weighted by Gasteiger charge is 2.12. The van der Waals surface area contributed by atoms with Crippen LogP contribution >= 0.6 is 0 Å². The standard InChI is InChI=1S/C10H16FN3O2S/c1-14(2)17(15,16)6-5-13-10-7-8(11)3-4-9(10)12/h3-4,7,13H,5-6,12H2,1-2H3. The molecule has 0 bridgehead atoms. The zero-order valence-electron chi connectivity index (χ0n) is 9.77. The SMILES string of the molecule is CN(C)S(=O)(=O)CCNc1cc(F)ccc1N. The highest BCUT2D eigenvalue weighted by atomic mass is 32.2. The molecule has 0 aliphatic carbocycles. The van der Waals surface area contributed by atoms with Crippen molar-refractivity contribution in [3.8, 4) is 0 Å². The third-order valence-electron chi connectivity index (χ3n) is 2.25. The van der Waals surface area contributed by atoms with Crippen molar-refractivity contribution in [2.24, 2.45) is 0 Å². The summed E-state index contributed by atoms with van der Waals surface area (Å²) in [7, 11) is -0.327.